The Morgan fingerprint density at radius 1 is 1.10 bits per heavy atom. The Bertz CT molecular complexity index is 1080. The van der Waals surface area contributed by atoms with Gasteiger partial charge in [-0.05, 0) is 51.0 Å². The largest absolute Gasteiger partial charge is 0.326 e. The molecule has 0 atom stereocenters. The number of aryl methyl sites for hydroxylation is 4. The quantitative estimate of drug-likeness (QED) is 0.493. The number of nitrogens with one attached hydrogen (secondary N) is 2. The normalized spacial score (nSPS) is 11.4. The summed E-state index contributed by atoms with van der Waals surface area (Å²) >= 11 is 0. The summed E-state index contributed by atoms with van der Waals surface area (Å²) in [6.07, 6.45) is 0.878. The molecule has 0 saturated carbocycles. The molecular formula is C24H29N5O. The van der Waals surface area contributed by atoms with Crippen LogP contribution in [0, 0.1) is 20.8 Å². The smallest absolute Gasteiger partial charge is 0.257 e. The highest BCUT2D eigenvalue weighted by Gasteiger charge is 2.13. The van der Waals surface area contributed by atoms with Crippen LogP contribution in [0.2, 0.25) is 0 Å². The molecule has 0 aliphatic carbocycles. The predicted molar refractivity (Wildman–Crippen MR) is 122 cm³/mol. The standard InChI is InChI=1S/C24H29N5O/c1-6-19-11-7-8-13-22(19)26-24(25-15-21-17(3)28-29(5)18(21)4)27-23(30)20-12-9-10-16(2)14-20/h7-14H,6,15H2,1-5H3,(H2,25,26,27,30). The van der Waals surface area contributed by atoms with E-state index in [1.165, 1.54) is 0 Å². The van der Waals surface area contributed by atoms with Gasteiger partial charge < -0.3 is 5.32 Å². The molecule has 3 rings (SSSR count). The fourth-order valence-corrected chi connectivity index (χ4v) is 3.36. The topological polar surface area (TPSA) is 71.3 Å². The number of para-hydroxylation sites is 1. The molecule has 30 heavy (non-hydrogen) atoms. The second-order valence-corrected chi connectivity index (χ2v) is 7.40. The van der Waals surface area contributed by atoms with Gasteiger partial charge in [0.2, 0.25) is 5.96 Å². The minimum Gasteiger partial charge on any atom is -0.326 e. The zero-order chi connectivity index (χ0) is 21.7. The van der Waals surface area contributed by atoms with Gasteiger partial charge in [0, 0.05) is 29.6 Å². The molecule has 1 amide bonds. The van der Waals surface area contributed by atoms with Crippen molar-refractivity contribution < 1.29 is 4.79 Å². The van der Waals surface area contributed by atoms with Crippen LogP contribution in [-0.4, -0.2) is 21.6 Å². The first kappa shape index (κ1) is 21.3. The predicted octanol–water partition coefficient (Wildman–Crippen LogP) is 4.31. The Kier molecular flexibility index (Phi) is 6.67. The van der Waals surface area contributed by atoms with Crippen molar-refractivity contribution >= 4 is 17.6 Å². The van der Waals surface area contributed by atoms with Gasteiger partial charge >= 0.3 is 0 Å². The van der Waals surface area contributed by atoms with Gasteiger partial charge in [0.15, 0.2) is 0 Å². The van der Waals surface area contributed by atoms with E-state index in [0.29, 0.717) is 18.1 Å². The molecule has 1 heterocycles. The maximum Gasteiger partial charge on any atom is 0.257 e. The Morgan fingerprint density at radius 3 is 2.53 bits per heavy atom. The van der Waals surface area contributed by atoms with Crippen LogP contribution >= 0.6 is 0 Å². The van der Waals surface area contributed by atoms with Gasteiger partial charge in [-0.15, -0.1) is 0 Å². The highest BCUT2D eigenvalue weighted by atomic mass is 16.1. The number of aromatic nitrogens is 2. The number of carbonyl (C=O) groups excluding carboxylic acids is 1. The molecule has 6 heteroatoms. The minimum atomic E-state index is -0.196. The summed E-state index contributed by atoms with van der Waals surface area (Å²) in [6.45, 7) is 8.50. The Labute approximate surface area is 178 Å². The van der Waals surface area contributed by atoms with Crippen LogP contribution in [0.1, 0.15) is 45.4 Å². The maximum absolute atomic E-state index is 12.9. The molecule has 0 aliphatic rings. The van der Waals surface area contributed by atoms with E-state index in [4.69, 9.17) is 4.99 Å². The monoisotopic (exact) mass is 403 g/mol. The number of hydrogen-bond acceptors (Lipinski definition) is 3. The molecule has 0 spiro atoms. The number of hydrogen-bond donors (Lipinski definition) is 2. The van der Waals surface area contributed by atoms with E-state index in [1.807, 2.05) is 68.9 Å². The Hall–Kier alpha value is -3.41. The second-order valence-electron chi connectivity index (χ2n) is 7.40. The average Bonchev–Trinajstić information content (AvgIpc) is 2.97. The number of anilines is 1. The van der Waals surface area contributed by atoms with Gasteiger partial charge in [0.25, 0.3) is 5.91 Å². The van der Waals surface area contributed by atoms with Gasteiger partial charge in [-0.25, -0.2) is 4.99 Å². The molecule has 0 fully saturated rings. The molecule has 156 valence electrons. The number of benzene rings is 2. The SMILES string of the molecule is CCc1ccccc1NC(=NCc1c(C)nn(C)c1C)NC(=O)c1cccc(C)c1. The fraction of sp³-hybridized carbons (Fsp3) is 0.292. The lowest BCUT2D eigenvalue weighted by Gasteiger charge is -2.15. The van der Waals surface area contributed by atoms with Crippen molar-refractivity contribution in [2.24, 2.45) is 12.0 Å². The molecule has 2 aromatic carbocycles. The molecule has 0 aliphatic heterocycles. The fourth-order valence-electron chi connectivity index (χ4n) is 3.36. The number of carbonyl (C=O) groups is 1. The van der Waals surface area contributed by atoms with Crippen LogP contribution in [0.4, 0.5) is 5.69 Å². The summed E-state index contributed by atoms with van der Waals surface area (Å²) in [7, 11) is 1.92. The number of nitrogens with zero attached hydrogens (tertiary/aromatic N) is 3. The molecule has 0 bridgehead atoms. The van der Waals surface area contributed by atoms with Gasteiger partial charge in [0.05, 0.1) is 12.2 Å². The maximum atomic E-state index is 12.9. The average molecular weight is 404 g/mol. The summed E-state index contributed by atoms with van der Waals surface area (Å²) < 4.78 is 1.85. The number of rotatable bonds is 5. The van der Waals surface area contributed by atoms with Crippen molar-refractivity contribution in [1.82, 2.24) is 15.1 Å². The highest BCUT2D eigenvalue weighted by molar-refractivity contribution is 6.10. The van der Waals surface area contributed by atoms with E-state index in [9.17, 15) is 4.79 Å². The van der Waals surface area contributed by atoms with E-state index in [2.05, 4.69) is 28.7 Å². The van der Waals surface area contributed by atoms with Crippen LogP contribution in [0.3, 0.4) is 0 Å². The first-order valence-electron chi connectivity index (χ1n) is 10.2. The number of aliphatic imine (C=N–C) groups is 1. The van der Waals surface area contributed by atoms with Gasteiger partial charge in [-0.3, -0.25) is 14.8 Å². The summed E-state index contributed by atoms with van der Waals surface area (Å²) in [4.78, 5) is 17.6. The number of amides is 1. The van der Waals surface area contributed by atoms with Crippen molar-refractivity contribution in [2.75, 3.05) is 5.32 Å². The second kappa shape index (κ2) is 9.39. The van der Waals surface area contributed by atoms with E-state index < -0.39 is 0 Å². The molecule has 2 N–H and O–H groups in total. The molecule has 0 unspecified atom stereocenters. The number of guanidine groups is 1. The molecule has 3 aromatic rings. The zero-order valence-electron chi connectivity index (χ0n) is 18.3. The first-order valence-corrected chi connectivity index (χ1v) is 10.2. The summed E-state index contributed by atoms with van der Waals surface area (Å²) in [6, 6.07) is 15.5. The van der Waals surface area contributed by atoms with Crippen LogP contribution in [0.5, 0.6) is 0 Å². The molecule has 0 radical (unpaired) electrons. The van der Waals surface area contributed by atoms with Crippen molar-refractivity contribution in [2.45, 2.75) is 40.7 Å². The lowest BCUT2D eigenvalue weighted by Crippen LogP contribution is -2.36. The first-order chi connectivity index (χ1) is 14.4. The Balaban J connectivity index is 1.90. The van der Waals surface area contributed by atoms with E-state index in [0.717, 1.165) is 40.2 Å². The zero-order valence-corrected chi connectivity index (χ0v) is 18.3. The van der Waals surface area contributed by atoms with Crippen LogP contribution in [0.25, 0.3) is 0 Å². The van der Waals surface area contributed by atoms with Crippen LogP contribution in [-0.2, 0) is 20.0 Å². The molecule has 0 saturated heterocycles. The van der Waals surface area contributed by atoms with Crippen LogP contribution < -0.4 is 10.6 Å². The van der Waals surface area contributed by atoms with Crippen molar-refractivity contribution in [3.05, 3.63) is 82.2 Å². The Morgan fingerprint density at radius 2 is 1.87 bits per heavy atom. The van der Waals surface area contributed by atoms with Gasteiger partial charge in [0.1, 0.15) is 0 Å². The van der Waals surface area contributed by atoms with Gasteiger partial charge in [-0.1, -0.05) is 42.8 Å². The van der Waals surface area contributed by atoms with Crippen molar-refractivity contribution in [3.8, 4) is 0 Å². The van der Waals surface area contributed by atoms with Crippen molar-refractivity contribution in [3.63, 3.8) is 0 Å². The third-order valence-electron chi connectivity index (χ3n) is 5.22. The van der Waals surface area contributed by atoms with Crippen LogP contribution in [0.15, 0.2) is 53.5 Å². The third kappa shape index (κ3) is 4.95. The van der Waals surface area contributed by atoms with E-state index in [-0.39, 0.29) is 5.91 Å². The van der Waals surface area contributed by atoms with Crippen molar-refractivity contribution in [1.29, 1.82) is 0 Å². The summed E-state index contributed by atoms with van der Waals surface area (Å²) in [5, 5.41) is 10.7. The lowest BCUT2D eigenvalue weighted by atomic mass is 10.1. The van der Waals surface area contributed by atoms with E-state index >= 15 is 0 Å². The van der Waals surface area contributed by atoms with Gasteiger partial charge in [-0.2, -0.15) is 5.10 Å². The summed E-state index contributed by atoms with van der Waals surface area (Å²) in [5.41, 5.74) is 6.79. The summed E-state index contributed by atoms with van der Waals surface area (Å²) in [5.74, 6) is 0.226. The molecule has 6 nitrogen and oxygen atoms in total. The minimum absolute atomic E-state index is 0.196. The molecule has 1 aromatic heterocycles. The van der Waals surface area contributed by atoms with E-state index in [1.54, 1.807) is 6.07 Å². The third-order valence-corrected chi connectivity index (χ3v) is 5.22. The molecular weight excluding hydrogens is 374 g/mol. The highest BCUT2D eigenvalue weighted by Crippen LogP contribution is 2.17. The lowest BCUT2D eigenvalue weighted by molar-refractivity contribution is 0.0977.